The van der Waals surface area contributed by atoms with Gasteiger partial charge in [0, 0.05) is 11.0 Å². The van der Waals surface area contributed by atoms with Crippen LogP contribution >= 0.6 is 0 Å². The van der Waals surface area contributed by atoms with Gasteiger partial charge in [0.15, 0.2) is 11.5 Å². The fourth-order valence-corrected chi connectivity index (χ4v) is 3.40. The molecular formula is C29H32O6. The zero-order valence-corrected chi connectivity index (χ0v) is 20.3. The Kier molecular flexibility index (Phi) is 9.00. The SMILES string of the molecule is Cc1cc(C(C)(C)c2ccc(O)c(O)c2O)cc(C)c1O.Oc1ccccc1.Oc1ccccc1. The molecule has 0 bridgehead atoms. The molecule has 0 saturated heterocycles. The van der Waals surface area contributed by atoms with Gasteiger partial charge in [-0.05, 0) is 60.9 Å². The highest BCUT2D eigenvalue weighted by Gasteiger charge is 2.29. The first-order chi connectivity index (χ1) is 16.4. The van der Waals surface area contributed by atoms with Crippen LogP contribution in [0.3, 0.4) is 0 Å². The standard InChI is InChI=1S/C17H20O4.2C6H6O/c1-9-7-11(8-10(2)14(9)19)17(3,4)12-5-6-13(18)16(21)15(12)20;2*7-6-4-2-1-3-5-6/h5-8,18-21H,1-4H3;2*1-5,7H. The van der Waals surface area contributed by atoms with E-state index in [9.17, 15) is 20.4 Å². The monoisotopic (exact) mass is 476 g/mol. The van der Waals surface area contributed by atoms with E-state index in [0.29, 0.717) is 17.1 Å². The third-order valence-electron chi connectivity index (χ3n) is 5.53. The molecule has 6 heteroatoms. The van der Waals surface area contributed by atoms with Crippen LogP contribution in [0.25, 0.3) is 0 Å². The molecule has 0 aromatic heterocycles. The van der Waals surface area contributed by atoms with Crippen LogP contribution < -0.4 is 0 Å². The number of aryl methyl sites for hydroxylation is 2. The number of hydrogen-bond donors (Lipinski definition) is 6. The molecule has 0 heterocycles. The fourth-order valence-electron chi connectivity index (χ4n) is 3.40. The summed E-state index contributed by atoms with van der Waals surface area (Å²) in [6.07, 6.45) is 0. The highest BCUT2D eigenvalue weighted by atomic mass is 16.3. The van der Waals surface area contributed by atoms with Crippen LogP contribution in [0.15, 0.2) is 84.9 Å². The molecule has 6 N–H and O–H groups in total. The fraction of sp³-hybridized carbons (Fsp3) is 0.172. The predicted molar refractivity (Wildman–Crippen MR) is 137 cm³/mol. The Labute approximate surface area is 205 Å². The molecule has 184 valence electrons. The van der Waals surface area contributed by atoms with Crippen molar-refractivity contribution in [3.63, 3.8) is 0 Å². The zero-order valence-electron chi connectivity index (χ0n) is 20.3. The maximum atomic E-state index is 10.1. The lowest BCUT2D eigenvalue weighted by atomic mass is 9.76. The minimum atomic E-state index is -0.599. The van der Waals surface area contributed by atoms with E-state index in [1.54, 1.807) is 54.6 Å². The molecule has 0 atom stereocenters. The maximum absolute atomic E-state index is 10.1. The molecule has 0 saturated carbocycles. The second-order valence-corrected chi connectivity index (χ2v) is 8.58. The number of para-hydroxylation sites is 2. The van der Waals surface area contributed by atoms with Crippen molar-refractivity contribution in [2.24, 2.45) is 0 Å². The summed E-state index contributed by atoms with van der Waals surface area (Å²) in [6.45, 7) is 7.44. The van der Waals surface area contributed by atoms with Crippen molar-refractivity contribution in [3.8, 4) is 34.5 Å². The Hall–Kier alpha value is -4.32. The third-order valence-corrected chi connectivity index (χ3v) is 5.53. The first kappa shape index (κ1) is 26.9. The largest absolute Gasteiger partial charge is 0.508 e. The molecule has 4 aromatic rings. The topological polar surface area (TPSA) is 121 Å². The van der Waals surface area contributed by atoms with Crippen LogP contribution in [-0.2, 0) is 5.41 Å². The molecule has 0 aliphatic heterocycles. The highest BCUT2D eigenvalue weighted by molar-refractivity contribution is 5.58. The Bertz CT molecular complexity index is 1170. The molecule has 0 aliphatic rings. The number of phenolic OH excluding ortho intramolecular Hbond substituents is 6. The Morgan fingerprint density at radius 2 is 0.943 bits per heavy atom. The lowest BCUT2D eigenvalue weighted by Gasteiger charge is -2.28. The van der Waals surface area contributed by atoms with Crippen LogP contribution in [0, 0.1) is 13.8 Å². The van der Waals surface area contributed by atoms with Gasteiger partial charge in [-0.25, -0.2) is 0 Å². The summed E-state index contributed by atoms with van der Waals surface area (Å²) < 4.78 is 0. The predicted octanol–water partition coefficient (Wildman–Crippen LogP) is 6.24. The molecule has 0 aliphatic carbocycles. The van der Waals surface area contributed by atoms with Crippen molar-refractivity contribution < 1.29 is 30.6 Å². The molecule has 4 aromatic carbocycles. The van der Waals surface area contributed by atoms with E-state index in [4.69, 9.17) is 10.2 Å². The summed E-state index contributed by atoms with van der Waals surface area (Å²) in [6, 6.07) is 24.1. The first-order valence-corrected chi connectivity index (χ1v) is 11.0. The molecule has 6 nitrogen and oxygen atoms in total. The number of benzene rings is 4. The van der Waals surface area contributed by atoms with Crippen molar-refractivity contribution in [2.45, 2.75) is 33.1 Å². The van der Waals surface area contributed by atoms with Crippen molar-refractivity contribution in [3.05, 3.63) is 107 Å². The molecular weight excluding hydrogens is 444 g/mol. The number of aromatic hydroxyl groups is 6. The lowest BCUT2D eigenvalue weighted by molar-refractivity contribution is 0.360. The van der Waals surface area contributed by atoms with E-state index >= 15 is 0 Å². The number of rotatable bonds is 2. The van der Waals surface area contributed by atoms with E-state index in [2.05, 4.69) is 0 Å². The van der Waals surface area contributed by atoms with Crippen molar-refractivity contribution in [1.29, 1.82) is 0 Å². The average molecular weight is 477 g/mol. The third kappa shape index (κ3) is 7.08. The summed E-state index contributed by atoms with van der Waals surface area (Å²) in [5, 5.41) is 56.4. The molecule has 0 radical (unpaired) electrons. The van der Waals surface area contributed by atoms with Crippen LogP contribution in [0.5, 0.6) is 34.5 Å². The van der Waals surface area contributed by atoms with Gasteiger partial charge in [0.25, 0.3) is 0 Å². The number of hydrogen-bond acceptors (Lipinski definition) is 6. The van der Waals surface area contributed by atoms with E-state index in [-0.39, 0.29) is 17.2 Å². The van der Waals surface area contributed by atoms with Crippen molar-refractivity contribution in [1.82, 2.24) is 0 Å². The van der Waals surface area contributed by atoms with E-state index in [1.165, 1.54) is 6.07 Å². The smallest absolute Gasteiger partial charge is 0.200 e. The van der Waals surface area contributed by atoms with Crippen LogP contribution in [-0.4, -0.2) is 30.6 Å². The molecule has 35 heavy (non-hydrogen) atoms. The summed E-state index contributed by atoms with van der Waals surface area (Å²) in [5.74, 6) is -0.307. The molecule has 0 amide bonds. The van der Waals surface area contributed by atoms with Crippen LogP contribution in [0.1, 0.15) is 36.1 Å². The van der Waals surface area contributed by atoms with Crippen molar-refractivity contribution >= 4 is 0 Å². The molecule has 0 unspecified atom stereocenters. The summed E-state index contributed by atoms with van der Waals surface area (Å²) >= 11 is 0. The summed E-state index contributed by atoms with van der Waals surface area (Å²) in [4.78, 5) is 0. The van der Waals surface area contributed by atoms with Gasteiger partial charge in [-0.15, -0.1) is 0 Å². The Morgan fingerprint density at radius 3 is 1.31 bits per heavy atom. The second-order valence-electron chi connectivity index (χ2n) is 8.58. The van der Waals surface area contributed by atoms with Gasteiger partial charge in [-0.2, -0.15) is 0 Å². The van der Waals surface area contributed by atoms with Gasteiger partial charge in [-0.3, -0.25) is 0 Å². The van der Waals surface area contributed by atoms with Gasteiger partial charge in [-0.1, -0.05) is 68.4 Å². The average Bonchev–Trinajstić information content (AvgIpc) is 2.82. The van der Waals surface area contributed by atoms with Gasteiger partial charge < -0.3 is 30.6 Å². The number of phenols is 6. The van der Waals surface area contributed by atoms with Crippen LogP contribution in [0.2, 0.25) is 0 Å². The quantitative estimate of drug-likeness (QED) is 0.191. The Balaban J connectivity index is 0.000000249. The minimum absolute atomic E-state index is 0.257. The van der Waals surface area contributed by atoms with Gasteiger partial charge in [0.05, 0.1) is 0 Å². The second kappa shape index (κ2) is 11.7. The van der Waals surface area contributed by atoms with Gasteiger partial charge in [0.1, 0.15) is 17.2 Å². The maximum Gasteiger partial charge on any atom is 0.200 e. The van der Waals surface area contributed by atoms with Gasteiger partial charge in [0.2, 0.25) is 5.75 Å². The van der Waals surface area contributed by atoms with Gasteiger partial charge >= 0.3 is 0 Å². The van der Waals surface area contributed by atoms with E-state index in [1.807, 2.05) is 52.0 Å². The minimum Gasteiger partial charge on any atom is -0.508 e. The van der Waals surface area contributed by atoms with Crippen molar-refractivity contribution in [2.75, 3.05) is 0 Å². The van der Waals surface area contributed by atoms with E-state index in [0.717, 1.165) is 16.7 Å². The van der Waals surface area contributed by atoms with Crippen LogP contribution in [0.4, 0.5) is 0 Å². The summed E-state index contributed by atoms with van der Waals surface area (Å²) in [7, 11) is 0. The summed E-state index contributed by atoms with van der Waals surface area (Å²) in [5.41, 5.74) is 2.30. The molecule has 0 fully saturated rings. The lowest BCUT2D eigenvalue weighted by Crippen LogP contribution is -2.19. The highest BCUT2D eigenvalue weighted by Crippen LogP contribution is 2.45. The molecule has 4 rings (SSSR count). The van der Waals surface area contributed by atoms with E-state index < -0.39 is 11.2 Å². The zero-order chi connectivity index (χ0) is 26.2. The normalized spacial score (nSPS) is 10.4. The molecule has 0 spiro atoms. The Morgan fingerprint density at radius 1 is 0.514 bits per heavy atom. The first-order valence-electron chi connectivity index (χ1n) is 11.0.